The van der Waals surface area contributed by atoms with Gasteiger partial charge in [-0.3, -0.25) is 0 Å². The van der Waals surface area contributed by atoms with Gasteiger partial charge in [0.1, 0.15) is 5.01 Å². The van der Waals surface area contributed by atoms with E-state index in [-0.39, 0.29) is 0 Å². The summed E-state index contributed by atoms with van der Waals surface area (Å²) in [6.07, 6.45) is 1.12. The number of anilines is 2. The Balaban J connectivity index is 1.83. The summed E-state index contributed by atoms with van der Waals surface area (Å²) < 4.78 is 0. The quantitative estimate of drug-likeness (QED) is 0.856. The lowest BCUT2D eigenvalue weighted by molar-refractivity contribution is 0.816. The van der Waals surface area contributed by atoms with Gasteiger partial charge in [-0.2, -0.15) is 0 Å². The second-order valence-electron chi connectivity index (χ2n) is 3.83. The first-order valence-corrected chi connectivity index (χ1v) is 6.05. The van der Waals surface area contributed by atoms with Crippen molar-refractivity contribution < 1.29 is 0 Å². The molecule has 0 unspecified atom stereocenters. The van der Waals surface area contributed by atoms with Gasteiger partial charge < -0.3 is 10.6 Å². The summed E-state index contributed by atoms with van der Waals surface area (Å²) in [6.45, 7) is 1.87. The number of rotatable bonds is 2. The van der Waals surface area contributed by atoms with Gasteiger partial charge in [0.05, 0.1) is 6.54 Å². The number of benzene rings is 1. The number of fused-ring (bicyclic) bond motifs is 1. The zero-order valence-corrected chi connectivity index (χ0v) is 9.57. The molecule has 1 aliphatic heterocycles. The first-order chi connectivity index (χ1) is 7.83. The van der Waals surface area contributed by atoms with Crippen molar-refractivity contribution >= 4 is 22.2 Å². The van der Waals surface area contributed by atoms with E-state index in [0.29, 0.717) is 5.13 Å². The van der Waals surface area contributed by atoms with Crippen molar-refractivity contribution in [2.45, 2.75) is 13.0 Å². The van der Waals surface area contributed by atoms with E-state index in [2.05, 4.69) is 39.4 Å². The maximum Gasteiger partial charge on any atom is 0.203 e. The molecule has 1 aromatic heterocycles. The fraction of sp³-hybridized carbons (Fsp3) is 0.273. The minimum absolute atomic E-state index is 0.544. The summed E-state index contributed by atoms with van der Waals surface area (Å²) in [4.78, 5) is 2.33. The fourth-order valence-corrected chi connectivity index (χ4v) is 2.69. The Hall–Kier alpha value is -1.62. The predicted molar refractivity (Wildman–Crippen MR) is 65.5 cm³/mol. The average Bonchev–Trinajstić information content (AvgIpc) is 2.87. The topological polar surface area (TPSA) is 55.0 Å². The van der Waals surface area contributed by atoms with E-state index < -0.39 is 0 Å². The van der Waals surface area contributed by atoms with Crippen molar-refractivity contribution in [3.8, 4) is 0 Å². The van der Waals surface area contributed by atoms with Crippen molar-refractivity contribution in [1.29, 1.82) is 0 Å². The van der Waals surface area contributed by atoms with E-state index in [4.69, 9.17) is 5.73 Å². The van der Waals surface area contributed by atoms with Crippen LogP contribution < -0.4 is 10.6 Å². The SMILES string of the molecule is Nc1nnc(CN2CCc3ccccc32)s1. The molecule has 0 aliphatic carbocycles. The first kappa shape index (κ1) is 9.59. The molecule has 2 aromatic rings. The van der Waals surface area contributed by atoms with Crippen LogP contribution in [0.1, 0.15) is 10.6 Å². The molecule has 82 valence electrons. The molecule has 0 spiro atoms. The molecule has 2 N–H and O–H groups in total. The van der Waals surface area contributed by atoms with Crippen molar-refractivity contribution in [3.63, 3.8) is 0 Å². The molecule has 0 saturated carbocycles. The highest BCUT2D eigenvalue weighted by Crippen LogP contribution is 2.29. The molecular weight excluding hydrogens is 220 g/mol. The van der Waals surface area contributed by atoms with Gasteiger partial charge in [0.25, 0.3) is 0 Å². The van der Waals surface area contributed by atoms with Gasteiger partial charge in [0.2, 0.25) is 5.13 Å². The van der Waals surface area contributed by atoms with E-state index in [9.17, 15) is 0 Å². The normalized spacial score (nSPS) is 14.1. The second kappa shape index (κ2) is 3.75. The molecule has 1 aliphatic rings. The van der Waals surface area contributed by atoms with Crippen LogP contribution in [0.25, 0.3) is 0 Å². The molecule has 0 atom stereocenters. The predicted octanol–water partition coefficient (Wildman–Crippen LogP) is 1.68. The van der Waals surface area contributed by atoms with Gasteiger partial charge in [-0.15, -0.1) is 10.2 Å². The molecule has 0 saturated heterocycles. The van der Waals surface area contributed by atoms with Gasteiger partial charge in [-0.25, -0.2) is 0 Å². The van der Waals surface area contributed by atoms with E-state index in [1.807, 2.05) is 0 Å². The Morgan fingerprint density at radius 1 is 1.31 bits per heavy atom. The average molecular weight is 232 g/mol. The van der Waals surface area contributed by atoms with Crippen molar-refractivity contribution in [2.24, 2.45) is 0 Å². The highest BCUT2D eigenvalue weighted by atomic mass is 32.1. The number of aromatic nitrogens is 2. The maximum atomic E-state index is 5.57. The Labute approximate surface area is 97.7 Å². The van der Waals surface area contributed by atoms with Crippen LogP contribution in [0.5, 0.6) is 0 Å². The Morgan fingerprint density at radius 2 is 2.19 bits per heavy atom. The lowest BCUT2D eigenvalue weighted by Crippen LogP contribution is -2.19. The van der Waals surface area contributed by atoms with Crippen molar-refractivity contribution in [3.05, 3.63) is 34.8 Å². The minimum Gasteiger partial charge on any atom is -0.374 e. The van der Waals surface area contributed by atoms with Crippen LogP contribution in [0.3, 0.4) is 0 Å². The summed E-state index contributed by atoms with van der Waals surface area (Å²) in [6, 6.07) is 8.51. The van der Waals surface area contributed by atoms with Crippen LogP contribution in [0.15, 0.2) is 24.3 Å². The number of nitrogens with zero attached hydrogens (tertiary/aromatic N) is 3. The molecule has 0 bridgehead atoms. The minimum atomic E-state index is 0.544. The highest BCUT2D eigenvalue weighted by molar-refractivity contribution is 7.15. The standard InChI is InChI=1S/C11H12N4S/c12-11-14-13-10(16-11)7-15-6-5-8-3-1-2-4-9(8)15/h1-4H,5-7H2,(H2,12,14). The van der Waals surface area contributed by atoms with E-state index in [0.717, 1.165) is 24.5 Å². The second-order valence-corrected chi connectivity index (χ2v) is 4.93. The van der Waals surface area contributed by atoms with Crippen molar-refractivity contribution in [2.75, 3.05) is 17.2 Å². The third-order valence-electron chi connectivity index (χ3n) is 2.79. The molecule has 0 radical (unpaired) electrons. The summed E-state index contributed by atoms with van der Waals surface area (Å²) in [5, 5.41) is 9.41. The largest absolute Gasteiger partial charge is 0.374 e. The number of hydrogen-bond acceptors (Lipinski definition) is 5. The Kier molecular flexibility index (Phi) is 2.25. The Bertz CT molecular complexity index is 508. The van der Waals surface area contributed by atoms with Crippen LogP contribution in [-0.2, 0) is 13.0 Å². The van der Waals surface area contributed by atoms with Crippen molar-refractivity contribution in [1.82, 2.24) is 10.2 Å². The summed E-state index contributed by atoms with van der Waals surface area (Å²) in [7, 11) is 0. The summed E-state index contributed by atoms with van der Waals surface area (Å²) in [5.41, 5.74) is 8.31. The first-order valence-electron chi connectivity index (χ1n) is 5.23. The monoisotopic (exact) mass is 232 g/mol. The molecule has 5 heteroatoms. The van der Waals surface area contributed by atoms with Gasteiger partial charge in [-0.1, -0.05) is 29.5 Å². The zero-order valence-electron chi connectivity index (χ0n) is 8.76. The van der Waals surface area contributed by atoms with Crippen LogP contribution in [0, 0.1) is 0 Å². The molecule has 16 heavy (non-hydrogen) atoms. The van der Waals surface area contributed by atoms with Crippen LogP contribution in [0.4, 0.5) is 10.8 Å². The fourth-order valence-electron chi connectivity index (χ4n) is 2.06. The number of para-hydroxylation sites is 1. The molecule has 1 aromatic carbocycles. The maximum absolute atomic E-state index is 5.57. The van der Waals surface area contributed by atoms with Gasteiger partial charge >= 0.3 is 0 Å². The van der Waals surface area contributed by atoms with Crippen LogP contribution >= 0.6 is 11.3 Å². The molecule has 4 nitrogen and oxygen atoms in total. The highest BCUT2D eigenvalue weighted by Gasteiger charge is 2.19. The molecule has 0 amide bonds. The molecule has 3 rings (SSSR count). The molecular formula is C11H12N4S. The number of nitrogen functional groups attached to an aromatic ring is 1. The van der Waals surface area contributed by atoms with Gasteiger partial charge in [0.15, 0.2) is 0 Å². The lowest BCUT2D eigenvalue weighted by Gasteiger charge is -2.17. The van der Waals surface area contributed by atoms with Crippen LogP contribution in [-0.4, -0.2) is 16.7 Å². The number of hydrogen-bond donors (Lipinski definition) is 1. The summed E-state index contributed by atoms with van der Waals surface area (Å²) in [5.74, 6) is 0. The third kappa shape index (κ3) is 1.63. The van der Waals surface area contributed by atoms with Crippen LogP contribution in [0.2, 0.25) is 0 Å². The smallest absolute Gasteiger partial charge is 0.203 e. The van der Waals surface area contributed by atoms with E-state index in [1.54, 1.807) is 0 Å². The van der Waals surface area contributed by atoms with E-state index >= 15 is 0 Å². The van der Waals surface area contributed by atoms with Gasteiger partial charge in [-0.05, 0) is 18.1 Å². The molecule has 2 heterocycles. The van der Waals surface area contributed by atoms with Gasteiger partial charge in [0, 0.05) is 12.2 Å². The summed E-state index contributed by atoms with van der Waals surface area (Å²) >= 11 is 1.46. The lowest BCUT2D eigenvalue weighted by atomic mass is 10.2. The number of nitrogens with two attached hydrogens (primary N) is 1. The Morgan fingerprint density at radius 3 is 3.00 bits per heavy atom. The molecule has 0 fully saturated rings. The van der Waals surface area contributed by atoms with E-state index in [1.165, 1.54) is 22.6 Å². The zero-order chi connectivity index (χ0) is 11.0. The third-order valence-corrected chi connectivity index (χ3v) is 3.53.